The molecule has 0 unspecified atom stereocenters. The largest absolute Gasteiger partial charge is 0.397 e. The van der Waals surface area contributed by atoms with Crippen LogP contribution in [0.25, 0.3) is 0 Å². The Labute approximate surface area is 69.3 Å². The zero-order chi connectivity index (χ0) is 8.97. The zero-order valence-electron chi connectivity index (χ0n) is 6.28. The highest BCUT2D eigenvalue weighted by molar-refractivity contribution is 5.65. The van der Waals surface area contributed by atoms with Gasteiger partial charge in [-0.25, -0.2) is 0 Å². The number of rotatable bonds is 3. The van der Waals surface area contributed by atoms with Gasteiger partial charge in [-0.1, -0.05) is 0 Å². The van der Waals surface area contributed by atoms with Crippen LogP contribution >= 0.6 is 0 Å². The molecule has 1 aromatic carbocycles. The first kappa shape index (κ1) is 8.19. The molecule has 0 radical (unpaired) electrons. The number of nitrogens with one attached hydrogen (secondary N) is 1. The fraction of sp³-hybridized carbons (Fsp3) is 0. The highest BCUT2D eigenvalue weighted by Crippen LogP contribution is 2.20. The summed E-state index contributed by atoms with van der Waals surface area (Å²) < 4.78 is 0. The molecule has 1 aromatic rings. The minimum atomic E-state index is 0.417. The Hall–Kier alpha value is -1.91. The molecule has 0 bridgehead atoms. The summed E-state index contributed by atoms with van der Waals surface area (Å²) in [6, 6.07) is 4.71. The summed E-state index contributed by atoms with van der Waals surface area (Å²) in [5, 5.41) is 0. The van der Waals surface area contributed by atoms with Gasteiger partial charge in [0.2, 0.25) is 6.41 Å². The van der Waals surface area contributed by atoms with E-state index in [-0.39, 0.29) is 0 Å². The first-order valence-electron chi connectivity index (χ1n) is 3.25. The lowest BCUT2D eigenvalue weighted by Gasteiger charge is -2.04. The molecule has 1 amide bonds. The molecule has 1 rings (SSSR count). The third kappa shape index (κ3) is 1.79. The molecular formula is C7H9N3O2. The molecule has 0 aliphatic carbocycles. The Morgan fingerprint density at radius 1 is 1.33 bits per heavy atom. The smallest absolute Gasteiger partial charge is 0.239 e. The summed E-state index contributed by atoms with van der Waals surface area (Å²) in [5.41, 5.74) is 13.8. The van der Waals surface area contributed by atoms with E-state index in [0.717, 1.165) is 0 Å². The summed E-state index contributed by atoms with van der Waals surface area (Å²) >= 11 is 0. The van der Waals surface area contributed by atoms with Crippen molar-refractivity contribution >= 4 is 17.8 Å². The summed E-state index contributed by atoms with van der Waals surface area (Å²) in [7, 11) is 0. The Bertz CT molecular complexity index is 288. The van der Waals surface area contributed by atoms with Crippen LogP contribution in [0.1, 0.15) is 0 Å². The third-order valence-corrected chi connectivity index (χ3v) is 1.28. The molecule has 5 N–H and O–H groups in total. The lowest BCUT2D eigenvalue weighted by molar-refractivity contribution is -0.115. The van der Waals surface area contributed by atoms with E-state index in [1.165, 1.54) is 6.07 Å². The standard InChI is InChI=1S/C7H9N3O2/c8-6-2-1-5(3-7(6)9)12-10-4-11/h1-4H,8-9H2,(H,10,11). The van der Waals surface area contributed by atoms with Gasteiger partial charge in [-0.15, -0.1) is 0 Å². The summed E-state index contributed by atoms with van der Waals surface area (Å²) in [6.45, 7) is 0. The fourth-order valence-electron chi connectivity index (χ4n) is 0.708. The molecule has 0 saturated carbocycles. The van der Waals surface area contributed by atoms with Crippen LogP contribution in [0.5, 0.6) is 5.75 Å². The number of amides is 1. The van der Waals surface area contributed by atoms with Crippen LogP contribution < -0.4 is 21.8 Å². The Kier molecular flexibility index (Phi) is 2.37. The second-order valence-corrected chi connectivity index (χ2v) is 2.13. The molecule has 64 valence electrons. The molecule has 0 spiro atoms. The van der Waals surface area contributed by atoms with Gasteiger partial charge in [0.15, 0.2) is 5.75 Å². The summed E-state index contributed by atoms with van der Waals surface area (Å²) in [4.78, 5) is 14.6. The van der Waals surface area contributed by atoms with E-state index in [4.69, 9.17) is 16.3 Å². The van der Waals surface area contributed by atoms with E-state index in [0.29, 0.717) is 23.5 Å². The van der Waals surface area contributed by atoms with Crippen molar-refractivity contribution < 1.29 is 9.63 Å². The molecule has 0 heterocycles. The molecule has 0 aromatic heterocycles. The average molecular weight is 167 g/mol. The van der Waals surface area contributed by atoms with Crippen molar-refractivity contribution in [3.05, 3.63) is 18.2 Å². The number of nitrogen functional groups attached to an aromatic ring is 2. The Morgan fingerprint density at radius 3 is 2.67 bits per heavy atom. The molecule has 12 heavy (non-hydrogen) atoms. The van der Waals surface area contributed by atoms with Crippen LogP contribution in [-0.4, -0.2) is 6.41 Å². The second kappa shape index (κ2) is 3.47. The molecule has 0 saturated heterocycles. The van der Waals surface area contributed by atoms with Gasteiger partial charge in [-0.3, -0.25) is 4.79 Å². The van der Waals surface area contributed by atoms with Gasteiger partial charge >= 0.3 is 0 Å². The van der Waals surface area contributed by atoms with E-state index >= 15 is 0 Å². The Morgan fingerprint density at radius 2 is 2.08 bits per heavy atom. The molecule has 0 aliphatic rings. The minimum Gasteiger partial charge on any atom is -0.397 e. The maximum absolute atomic E-state index is 9.84. The lowest BCUT2D eigenvalue weighted by Crippen LogP contribution is -2.15. The normalized spacial score (nSPS) is 9.00. The van der Waals surface area contributed by atoms with Gasteiger partial charge in [0, 0.05) is 6.07 Å². The van der Waals surface area contributed by atoms with E-state index in [1.807, 2.05) is 5.48 Å². The van der Waals surface area contributed by atoms with Crippen molar-refractivity contribution in [1.82, 2.24) is 5.48 Å². The van der Waals surface area contributed by atoms with Crippen LogP contribution in [0, 0.1) is 0 Å². The lowest BCUT2D eigenvalue weighted by atomic mass is 10.2. The highest BCUT2D eigenvalue weighted by atomic mass is 16.6. The van der Waals surface area contributed by atoms with Gasteiger partial charge in [0.05, 0.1) is 11.4 Å². The number of carbonyl (C=O) groups excluding carboxylic acids is 1. The second-order valence-electron chi connectivity index (χ2n) is 2.13. The van der Waals surface area contributed by atoms with E-state index < -0.39 is 0 Å². The highest BCUT2D eigenvalue weighted by Gasteiger charge is 1.97. The molecule has 0 aliphatic heterocycles. The van der Waals surface area contributed by atoms with E-state index in [9.17, 15) is 4.79 Å². The van der Waals surface area contributed by atoms with Gasteiger partial charge in [0.1, 0.15) is 0 Å². The molecule has 0 fully saturated rings. The van der Waals surface area contributed by atoms with Gasteiger partial charge in [0.25, 0.3) is 0 Å². The number of hydroxylamine groups is 1. The minimum absolute atomic E-state index is 0.417. The van der Waals surface area contributed by atoms with Crippen LogP contribution in [0.4, 0.5) is 11.4 Å². The monoisotopic (exact) mass is 167 g/mol. The van der Waals surface area contributed by atoms with Gasteiger partial charge < -0.3 is 16.3 Å². The van der Waals surface area contributed by atoms with E-state index in [2.05, 4.69) is 0 Å². The molecule has 5 nitrogen and oxygen atoms in total. The molecular weight excluding hydrogens is 158 g/mol. The maximum Gasteiger partial charge on any atom is 0.239 e. The SMILES string of the molecule is Nc1ccc(ONC=O)cc1N. The average Bonchev–Trinajstić information content (AvgIpc) is 2.07. The first-order chi connectivity index (χ1) is 5.74. The van der Waals surface area contributed by atoms with E-state index in [1.54, 1.807) is 12.1 Å². The number of hydrogen-bond donors (Lipinski definition) is 3. The van der Waals surface area contributed by atoms with Crippen molar-refractivity contribution in [2.45, 2.75) is 0 Å². The molecule has 0 atom stereocenters. The quantitative estimate of drug-likeness (QED) is 0.333. The van der Waals surface area contributed by atoms with Crippen LogP contribution in [0.15, 0.2) is 18.2 Å². The first-order valence-corrected chi connectivity index (χ1v) is 3.25. The maximum atomic E-state index is 9.84. The topological polar surface area (TPSA) is 90.4 Å². The van der Waals surface area contributed by atoms with Crippen molar-refractivity contribution in [3.63, 3.8) is 0 Å². The van der Waals surface area contributed by atoms with Crippen molar-refractivity contribution in [2.24, 2.45) is 0 Å². The van der Waals surface area contributed by atoms with Crippen molar-refractivity contribution in [2.75, 3.05) is 11.5 Å². The number of nitrogens with two attached hydrogens (primary N) is 2. The van der Waals surface area contributed by atoms with Crippen LogP contribution in [0.2, 0.25) is 0 Å². The summed E-state index contributed by atoms with van der Waals surface area (Å²) in [5.74, 6) is 0.439. The van der Waals surface area contributed by atoms with Crippen LogP contribution in [0.3, 0.4) is 0 Å². The number of anilines is 2. The number of carbonyl (C=O) groups is 1. The Balaban J connectivity index is 2.75. The van der Waals surface area contributed by atoms with Crippen molar-refractivity contribution in [1.29, 1.82) is 0 Å². The van der Waals surface area contributed by atoms with Gasteiger partial charge in [-0.2, -0.15) is 5.48 Å². The predicted octanol–water partition coefficient (Wildman–Crippen LogP) is -0.109. The number of benzene rings is 1. The zero-order valence-corrected chi connectivity index (χ0v) is 6.28. The molecule has 5 heteroatoms. The fourth-order valence-corrected chi connectivity index (χ4v) is 0.708. The van der Waals surface area contributed by atoms with Crippen LogP contribution in [-0.2, 0) is 4.79 Å². The van der Waals surface area contributed by atoms with Gasteiger partial charge in [-0.05, 0) is 12.1 Å². The third-order valence-electron chi connectivity index (χ3n) is 1.28. The van der Waals surface area contributed by atoms with Crippen molar-refractivity contribution in [3.8, 4) is 5.75 Å². The summed E-state index contributed by atoms with van der Waals surface area (Å²) in [6.07, 6.45) is 0.423. The number of hydrogen-bond acceptors (Lipinski definition) is 4. The predicted molar refractivity (Wildman–Crippen MR) is 45.1 cm³/mol.